The van der Waals surface area contributed by atoms with Crippen LogP contribution < -0.4 is 5.73 Å². The fourth-order valence-electron chi connectivity index (χ4n) is 5.15. The van der Waals surface area contributed by atoms with E-state index >= 15 is 0 Å². The maximum absolute atomic E-state index is 6.38. The standard InChI is InChI=1S/C19H38N2/c1-6-17-10-9-15(2)21(17)19(14-20)12-7-8-16(11-13-19)18(3,4)5/h15-17H,6-14,20H2,1-5H3. The minimum atomic E-state index is 0.288. The summed E-state index contributed by atoms with van der Waals surface area (Å²) in [6, 6.07) is 1.50. The van der Waals surface area contributed by atoms with Crippen LogP contribution in [0, 0.1) is 11.3 Å². The summed E-state index contributed by atoms with van der Waals surface area (Å²) in [5, 5.41) is 0. The third-order valence-electron chi connectivity index (χ3n) is 6.56. The molecule has 2 aliphatic rings. The van der Waals surface area contributed by atoms with Crippen LogP contribution in [-0.4, -0.2) is 29.1 Å². The quantitative estimate of drug-likeness (QED) is 0.772. The molecule has 2 heteroatoms. The zero-order valence-electron chi connectivity index (χ0n) is 15.1. The molecule has 1 saturated carbocycles. The average Bonchev–Trinajstić information content (AvgIpc) is 2.68. The molecule has 1 aliphatic heterocycles. The van der Waals surface area contributed by atoms with Crippen molar-refractivity contribution in [2.24, 2.45) is 17.1 Å². The van der Waals surface area contributed by atoms with E-state index in [2.05, 4.69) is 39.5 Å². The Labute approximate surface area is 132 Å². The van der Waals surface area contributed by atoms with Gasteiger partial charge in [0.1, 0.15) is 0 Å². The van der Waals surface area contributed by atoms with E-state index in [9.17, 15) is 0 Å². The summed E-state index contributed by atoms with van der Waals surface area (Å²) in [5.41, 5.74) is 7.12. The third-order valence-corrected chi connectivity index (χ3v) is 6.56. The average molecular weight is 295 g/mol. The number of hydrogen-bond acceptors (Lipinski definition) is 2. The minimum Gasteiger partial charge on any atom is -0.329 e. The van der Waals surface area contributed by atoms with Crippen LogP contribution in [0.1, 0.15) is 86.0 Å². The van der Waals surface area contributed by atoms with Gasteiger partial charge < -0.3 is 5.73 Å². The highest BCUT2D eigenvalue weighted by Crippen LogP contribution is 2.45. The Kier molecular flexibility index (Phi) is 5.41. The number of nitrogens with two attached hydrogens (primary N) is 1. The van der Waals surface area contributed by atoms with Gasteiger partial charge in [-0.3, -0.25) is 4.90 Å². The summed E-state index contributed by atoms with van der Waals surface area (Å²) in [7, 11) is 0. The van der Waals surface area contributed by atoms with E-state index < -0.39 is 0 Å². The number of hydrogen-bond donors (Lipinski definition) is 1. The van der Waals surface area contributed by atoms with Crippen LogP contribution in [0.2, 0.25) is 0 Å². The van der Waals surface area contributed by atoms with Gasteiger partial charge >= 0.3 is 0 Å². The van der Waals surface area contributed by atoms with Crippen molar-refractivity contribution < 1.29 is 0 Å². The fourth-order valence-corrected chi connectivity index (χ4v) is 5.15. The summed E-state index contributed by atoms with van der Waals surface area (Å²) >= 11 is 0. The fraction of sp³-hybridized carbons (Fsp3) is 1.00. The Morgan fingerprint density at radius 2 is 1.81 bits per heavy atom. The summed E-state index contributed by atoms with van der Waals surface area (Å²) in [6.45, 7) is 12.9. The Morgan fingerprint density at radius 1 is 1.10 bits per heavy atom. The molecule has 2 fully saturated rings. The van der Waals surface area contributed by atoms with Crippen molar-refractivity contribution in [1.29, 1.82) is 0 Å². The second kappa shape index (κ2) is 6.58. The predicted octanol–water partition coefficient (Wildman–Crippen LogP) is 4.57. The van der Waals surface area contributed by atoms with Crippen molar-refractivity contribution in [1.82, 2.24) is 4.90 Å². The highest BCUT2D eigenvalue weighted by molar-refractivity contribution is 5.02. The highest BCUT2D eigenvalue weighted by Gasteiger charge is 2.45. The van der Waals surface area contributed by atoms with Gasteiger partial charge in [-0.2, -0.15) is 0 Å². The molecular weight excluding hydrogens is 256 g/mol. The zero-order valence-corrected chi connectivity index (χ0v) is 15.1. The molecule has 4 unspecified atom stereocenters. The molecule has 0 aromatic rings. The summed E-state index contributed by atoms with van der Waals surface area (Å²) in [5.74, 6) is 0.865. The molecule has 0 bridgehead atoms. The van der Waals surface area contributed by atoms with Crippen LogP contribution in [0.15, 0.2) is 0 Å². The predicted molar refractivity (Wildman–Crippen MR) is 92.4 cm³/mol. The second-order valence-corrected chi connectivity index (χ2v) is 8.82. The van der Waals surface area contributed by atoms with Crippen molar-refractivity contribution in [3.05, 3.63) is 0 Å². The molecule has 0 amide bonds. The SMILES string of the molecule is CCC1CCC(C)N1C1(CN)CCCC(C(C)(C)C)CC1. The monoisotopic (exact) mass is 294 g/mol. The van der Waals surface area contributed by atoms with Gasteiger partial charge in [0.2, 0.25) is 0 Å². The highest BCUT2D eigenvalue weighted by atomic mass is 15.3. The van der Waals surface area contributed by atoms with Crippen molar-refractivity contribution >= 4 is 0 Å². The van der Waals surface area contributed by atoms with Crippen molar-refractivity contribution in [3.63, 3.8) is 0 Å². The smallest absolute Gasteiger partial charge is 0.0337 e. The number of nitrogens with zero attached hydrogens (tertiary/aromatic N) is 1. The van der Waals surface area contributed by atoms with Crippen LogP contribution in [0.3, 0.4) is 0 Å². The molecule has 124 valence electrons. The van der Waals surface area contributed by atoms with Gasteiger partial charge in [0.25, 0.3) is 0 Å². The van der Waals surface area contributed by atoms with Gasteiger partial charge in [-0.25, -0.2) is 0 Å². The van der Waals surface area contributed by atoms with Gasteiger partial charge in [-0.1, -0.05) is 34.1 Å². The lowest BCUT2D eigenvalue weighted by molar-refractivity contribution is 0.0310. The molecule has 0 aromatic heterocycles. The van der Waals surface area contributed by atoms with Crippen LogP contribution >= 0.6 is 0 Å². The molecule has 0 radical (unpaired) electrons. The Morgan fingerprint density at radius 3 is 2.38 bits per heavy atom. The van der Waals surface area contributed by atoms with Gasteiger partial charge in [0, 0.05) is 24.2 Å². The zero-order chi connectivity index (χ0) is 15.7. The maximum atomic E-state index is 6.38. The van der Waals surface area contributed by atoms with Gasteiger partial charge in [0.05, 0.1) is 0 Å². The van der Waals surface area contributed by atoms with E-state index in [0.29, 0.717) is 5.41 Å². The molecule has 1 heterocycles. The number of rotatable bonds is 3. The molecule has 2 rings (SSSR count). The summed E-state index contributed by atoms with van der Waals surface area (Å²) in [4.78, 5) is 2.86. The largest absolute Gasteiger partial charge is 0.329 e. The van der Waals surface area contributed by atoms with Crippen LogP contribution in [0.4, 0.5) is 0 Å². The Hall–Kier alpha value is -0.0800. The van der Waals surface area contributed by atoms with E-state index in [-0.39, 0.29) is 5.54 Å². The molecular formula is C19H38N2. The first kappa shape index (κ1) is 17.3. The lowest BCUT2D eigenvalue weighted by Gasteiger charge is -2.47. The molecule has 21 heavy (non-hydrogen) atoms. The molecule has 4 atom stereocenters. The van der Waals surface area contributed by atoms with E-state index in [1.54, 1.807) is 0 Å². The molecule has 2 nitrogen and oxygen atoms in total. The first-order chi connectivity index (χ1) is 9.84. The maximum Gasteiger partial charge on any atom is 0.0337 e. The third kappa shape index (κ3) is 3.47. The van der Waals surface area contributed by atoms with E-state index in [1.165, 1.54) is 51.4 Å². The molecule has 0 aromatic carbocycles. The lowest BCUT2D eigenvalue weighted by atomic mass is 9.76. The molecule has 0 spiro atoms. The van der Waals surface area contributed by atoms with E-state index in [0.717, 1.165) is 24.5 Å². The lowest BCUT2D eigenvalue weighted by Crippen LogP contribution is -2.57. The molecule has 1 saturated heterocycles. The van der Waals surface area contributed by atoms with Crippen molar-refractivity contribution in [2.75, 3.05) is 6.54 Å². The van der Waals surface area contributed by atoms with Crippen molar-refractivity contribution in [2.45, 2.75) is 104 Å². The molecule has 2 N–H and O–H groups in total. The van der Waals surface area contributed by atoms with E-state index in [1.807, 2.05) is 0 Å². The van der Waals surface area contributed by atoms with Gasteiger partial charge in [-0.05, 0) is 63.2 Å². The molecule has 1 aliphatic carbocycles. The summed E-state index contributed by atoms with van der Waals surface area (Å²) in [6.07, 6.45) is 10.8. The first-order valence-corrected chi connectivity index (χ1v) is 9.32. The van der Waals surface area contributed by atoms with Gasteiger partial charge in [0.15, 0.2) is 0 Å². The van der Waals surface area contributed by atoms with Crippen LogP contribution in [-0.2, 0) is 0 Å². The van der Waals surface area contributed by atoms with Gasteiger partial charge in [-0.15, -0.1) is 0 Å². The minimum absolute atomic E-state index is 0.288. The number of likely N-dealkylation sites (tertiary alicyclic amines) is 1. The Bertz CT molecular complexity index is 333. The normalized spacial score (nSPS) is 39.4. The second-order valence-electron chi connectivity index (χ2n) is 8.82. The summed E-state index contributed by atoms with van der Waals surface area (Å²) < 4.78 is 0. The van der Waals surface area contributed by atoms with E-state index in [4.69, 9.17) is 5.73 Å². The Balaban J connectivity index is 2.18. The van der Waals surface area contributed by atoms with Crippen LogP contribution in [0.25, 0.3) is 0 Å². The topological polar surface area (TPSA) is 29.3 Å². The van der Waals surface area contributed by atoms with Crippen molar-refractivity contribution in [3.8, 4) is 0 Å². The first-order valence-electron chi connectivity index (χ1n) is 9.32. The van der Waals surface area contributed by atoms with Crippen LogP contribution in [0.5, 0.6) is 0 Å².